The molecular formula is C23H31N3O5S. The number of carbonyl (C=O) groups excluding carboxylic acids is 1. The summed E-state index contributed by atoms with van der Waals surface area (Å²) in [5.41, 5.74) is 0.302. The summed E-state index contributed by atoms with van der Waals surface area (Å²) in [5.74, 6) is 0.475. The van der Waals surface area contributed by atoms with Gasteiger partial charge in [0.2, 0.25) is 15.5 Å². The zero-order valence-electron chi connectivity index (χ0n) is 18.9. The Hall–Kier alpha value is -2.23. The van der Waals surface area contributed by atoms with Gasteiger partial charge in [0.1, 0.15) is 5.56 Å². The highest BCUT2D eigenvalue weighted by Crippen LogP contribution is 2.24. The van der Waals surface area contributed by atoms with E-state index in [-0.39, 0.29) is 34.8 Å². The third-order valence-corrected chi connectivity index (χ3v) is 8.28. The van der Waals surface area contributed by atoms with Crippen molar-refractivity contribution < 1.29 is 17.9 Å². The number of likely N-dealkylation sites (tertiary alicyclic amines) is 1. The number of pyridine rings is 1. The van der Waals surface area contributed by atoms with Gasteiger partial charge in [-0.25, -0.2) is 8.42 Å². The van der Waals surface area contributed by atoms with Crippen LogP contribution in [0, 0.1) is 11.8 Å². The second-order valence-electron chi connectivity index (χ2n) is 9.01. The molecule has 2 saturated heterocycles. The van der Waals surface area contributed by atoms with Crippen molar-refractivity contribution in [1.29, 1.82) is 0 Å². The molecule has 2 aliphatic rings. The largest absolute Gasteiger partial charge is 0.379 e. The first-order chi connectivity index (χ1) is 15.2. The number of fused-ring (bicyclic) bond motifs is 1. The summed E-state index contributed by atoms with van der Waals surface area (Å²) in [6.45, 7) is 9.22. The van der Waals surface area contributed by atoms with Crippen LogP contribution in [0.3, 0.4) is 0 Å². The number of hydrogen-bond donors (Lipinski definition) is 0. The van der Waals surface area contributed by atoms with Gasteiger partial charge in [-0.3, -0.25) is 9.59 Å². The van der Waals surface area contributed by atoms with E-state index < -0.39 is 15.5 Å². The number of hydrogen-bond acceptors (Lipinski definition) is 5. The van der Waals surface area contributed by atoms with E-state index >= 15 is 0 Å². The number of amides is 1. The predicted molar refractivity (Wildman–Crippen MR) is 122 cm³/mol. The van der Waals surface area contributed by atoms with Gasteiger partial charge >= 0.3 is 0 Å². The van der Waals surface area contributed by atoms with Gasteiger partial charge < -0.3 is 14.2 Å². The lowest BCUT2D eigenvalue weighted by atomic mass is 9.91. The van der Waals surface area contributed by atoms with E-state index in [1.807, 2.05) is 11.5 Å². The van der Waals surface area contributed by atoms with Gasteiger partial charge in [0, 0.05) is 44.3 Å². The molecule has 4 rings (SSSR count). The second-order valence-corrected chi connectivity index (χ2v) is 10.9. The van der Waals surface area contributed by atoms with Crippen molar-refractivity contribution >= 4 is 26.8 Å². The second kappa shape index (κ2) is 8.96. The lowest BCUT2D eigenvalue weighted by Crippen LogP contribution is -2.44. The molecule has 0 unspecified atom stereocenters. The zero-order valence-corrected chi connectivity index (χ0v) is 19.7. The number of sulfonamides is 1. The van der Waals surface area contributed by atoms with E-state index in [4.69, 9.17) is 4.74 Å². The van der Waals surface area contributed by atoms with Gasteiger partial charge in [-0.15, -0.1) is 0 Å². The van der Waals surface area contributed by atoms with Crippen LogP contribution in [0.25, 0.3) is 10.9 Å². The number of rotatable bonds is 4. The maximum absolute atomic E-state index is 13.4. The first kappa shape index (κ1) is 22.9. The molecule has 174 valence electrons. The van der Waals surface area contributed by atoms with Crippen LogP contribution in [-0.4, -0.2) is 67.5 Å². The number of carbonyl (C=O) groups is 1. The van der Waals surface area contributed by atoms with E-state index in [9.17, 15) is 18.0 Å². The lowest BCUT2D eigenvalue weighted by Gasteiger charge is -2.35. The lowest BCUT2D eigenvalue weighted by molar-refractivity contribution is 0.0621. The average Bonchev–Trinajstić information content (AvgIpc) is 2.78. The Morgan fingerprint density at radius 3 is 2.41 bits per heavy atom. The number of morpholine rings is 1. The normalized spacial score (nSPS) is 22.9. The SMILES string of the molecule is CCn1cc(C(=O)N2C[C@H](C)C[C@@H](C)C2)c(=O)c2cc(S(=O)(=O)N3CCOCC3)ccc21. The molecular weight excluding hydrogens is 430 g/mol. The standard InChI is InChI=1S/C23H31N3O5S/c1-4-24-15-20(23(28)25-13-16(2)11-17(3)14-25)22(27)19-12-18(5-6-21(19)24)32(29,30)26-7-9-31-10-8-26/h5-6,12,15-17H,4,7-11,13-14H2,1-3H3/t16-,17-/m1/s1. The minimum atomic E-state index is -3.75. The minimum absolute atomic E-state index is 0.0662. The van der Waals surface area contributed by atoms with Crippen LogP contribution in [0.1, 0.15) is 37.6 Å². The Bertz CT molecular complexity index is 1170. The van der Waals surface area contributed by atoms with E-state index in [1.54, 1.807) is 17.2 Å². The Kier molecular flexibility index (Phi) is 6.42. The van der Waals surface area contributed by atoms with Crippen LogP contribution >= 0.6 is 0 Å². The minimum Gasteiger partial charge on any atom is -0.379 e. The molecule has 1 aromatic heterocycles. The number of nitrogens with zero attached hydrogens (tertiary/aromatic N) is 3. The quantitative estimate of drug-likeness (QED) is 0.696. The summed E-state index contributed by atoms with van der Waals surface area (Å²) in [5, 5.41) is 0.255. The van der Waals surface area contributed by atoms with Crippen molar-refractivity contribution in [3.63, 3.8) is 0 Å². The Morgan fingerprint density at radius 2 is 1.78 bits per heavy atom. The number of benzene rings is 1. The summed E-state index contributed by atoms with van der Waals surface area (Å²) >= 11 is 0. The molecule has 2 fully saturated rings. The molecule has 2 aliphatic heterocycles. The van der Waals surface area contributed by atoms with Crippen LogP contribution in [0.2, 0.25) is 0 Å². The van der Waals surface area contributed by atoms with E-state index in [0.717, 1.165) is 6.42 Å². The van der Waals surface area contributed by atoms with Crippen LogP contribution < -0.4 is 5.43 Å². The summed E-state index contributed by atoms with van der Waals surface area (Å²) in [4.78, 5) is 28.6. The highest BCUT2D eigenvalue weighted by molar-refractivity contribution is 7.89. The Balaban J connectivity index is 1.79. The van der Waals surface area contributed by atoms with Crippen molar-refractivity contribution in [2.75, 3.05) is 39.4 Å². The fourth-order valence-electron chi connectivity index (χ4n) is 4.89. The smallest absolute Gasteiger partial charge is 0.259 e. The highest BCUT2D eigenvalue weighted by Gasteiger charge is 2.30. The fourth-order valence-corrected chi connectivity index (χ4v) is 6.32. The molecule has 0 radical (unpaired) electrons. The first-order valence-electron chi connectivity index (χ1n) is 11.3. The van der Waals surface area contributed by atoms with Crippen LogP contribution in [0.5, 0.6) is 0 Å². The molecule has 2 atom stereocenters. The first-order valence-corrected chi connectivity index (χ1v) is 12.7. The van der Waals surface area contributed by atoms with E-state index in [1.165, 1.54) is 16.4 Å². The molecule has 0 spiro atoms. The van der Waals surface area contributed by atoms with Crippen molar-refractivity contribution in [3.8, 4) is 0 Å². The number of aromatic nitrogens is 1. The molecule has 3 heterocycles. The van der Waals surface area contributed by atoms with Crippen molar-refractivity contribution in [1.82, 2.24) is 13.8 Å². The zero-order chi connectivity index (χ0) is 23.0. The van der Waals surface area contributed by atoms with Gasteiger partial charge in [-0.2, -0.15) is 4.31 Å². The molecule has 8 nitrogen and oxygen atoms in total. The third-order valence-electron chi connectivity index (χ3n) is 6.39. The monoisotopic (exact) mass is 461 g/mol. The van der Waals surface area contributed by atoms with Crippen molar-refractivity contribution in [2.24, 2.45) is 11.8 Å². The summed E-state index contributed by atoms with van der Waals surface area (Å²) in [6, 6.07) is 4.62. The molecule has 9 heteroatoms. The molecule has 0 saturated carbocycles. The molecule has 1 amide bonds. The topological polar surface area (TPSA) is 88.9 Å². The molecule has 1 aromatic carbocycles. The van der Waals surface area contributed by atoms with Crippen LogP contribution in [0.15, 0.2) is 34.1 Å². The van der Waals surface area contributed by atoms with Crippen molar-refractivity contribution in [2.45, 2.75) is 38.6 Å². The summed E-state index contributed by atoms with van der Waals surface area (Å²) < 4.78 is 34.7. The molecule has 0 aliphatic carbocycles. The highest BCUT2D eigenvalue weighted by atomic mass is 32.2. The maximum atomic E-state index is 13.4. The number of piperidine rings is 1. The fraction of sp³-hybridized carbons (Fsp3) is 0.565. The van der Waals surface area contributed by atoms with Gasteiger partial charge in [0.05, 0.1) is 23.6 Å². The van der Waals surface area contributed by atoms with E-state index in [2.05, 4.69) is 13.8 Å². The Morgan fingerprint density at radius 1 is 1.12 bits per heavy atom. The number of ether oxygens (including phenoxy) is 1. The molecule has 2 aromatic rings. The summed E-state index contributed by atoms with van der Waals surface area (Å²) in [7, 11) is -3.75. The van der Waals surface area contributed by atoms with Gasteiger partial charge in [-0.1, -0.05) is 13.8 Å². The maximum Gasteiger partial charge on any atom is 0.259 e. The van der Waals surface area contributed by atoms with Crippen molar-refractivity contribution in [3.05, 3.63) is 40.2 Å². The van der Waals surface area contributed by atoms with Gasteiger partial charge in [0.25, 0.3) is 5.91 Å². The molecule has 0 N–H and O–H groups in total. The number of aryl methyl sites for hydroxylation is 1. The predicted octanol–water partition coefficient (Wildman–Crippen LogP) is 2.16. The summed E-state index contributed by atoms with van der Waals surface area (Å²) in [6.07, 6.45) is 2.68. The van der Waals surface area contributed by atoms with Gasteiger partial charge in [0.15, 0.2) is 0 Å². The van der Waals surface area contributed by atoms with Gasteiger partial charge in [-0.05, 0) is 43.4 Å². The third kappa shape index (κ3) is 4.21. The molecule has 0 bridgehead atoms. The van der Waals surface area contributed by atoms with E-state index in [0.29, 0.717) is 50.2 Å². The molecule has 32 heavy (non-hydrogen) atoms. The van der Waals surface area contributed by atoms with Crippen LogP contribution in [-0.2, 0) is 21.3 Å². The average molecular weight is 462 g/mol. The van der Waals surface area contributed by atoms with Crippen LogP contribution in [0.4, 0.5) is 0 Å². The Labute approximate surface area is 188 Å².